The fourth-order valence-electron chi connectivity index (χ4n) is 3.41. The van der Waals surface area contributed by atoms with Crippen molar-refractivity contribution < 1.29 is 9.84 Å². The van der Waals surface area contributed by atoms with E-state index >= 15 is 0 Å². The zero-order valence-corrected chi connectivity index (χ0v) is 12.1. The second kappa shape index (κ2) is 5.19. The molecule has 1 aromatic heterocycles. The highest BCUT2D eigenvalue weighted by Crippen LogP contribution is 2.34. The predicted octanol–water partition coefficient (Wildman–Crippen LogP) is 2.92. The number of nitrogens with zero attached hydrogens (tertiary/aromatic N) is 2. The van der Waals surface area contributed by atoms with Gasteiger partial charge < -0.3 is 9.84 Å². The van der Waals surface area contributed by atoms with Crippen LogP contribution in [0.2, 0.25) is 0 Å². The molecule has 1 aliphatic carbocycles. The maximum atomic E-state index is 9.62. The molecule has 1 aliphatic heterocycles. The lowest BCUT2D eigenvalue weighted by molar-refractivity contribution is 0.00402. The lowest BCUT2D eigenvalue weighted by Gasteiger charge is -2.22. The summed E-state index contributed by atoms with van der Waals surface area (Å²) in [5, 5.41) is 14.4. The van der Waals surface area contributed by atoms with Crippen molar-refractivity contribution in [2.75, 3.05) is 6.61 Å². The molecule has 0 bridgehead atoms. The molecular formula is C17H20N2O2. The quantitative estimate of drug-likeness (QED) is 0.922. The second-order valence-corrected chi connectivity index (χ2v) is 6.06. The van der Waals surface area contributed by atoms with Crippen molar-refractivity contribution in [3.63, 3.8) is 0 Å². The lowest BCUT2D eigenvalue weighted by atomic mass is 9.90. The normalized spacial score (nSPS) is 20.9. The fraction of sp³-hybridized carbons (Fsp3) is 0.471. The van der Waals surface area contributed by atoms with E-state index in [0.717, 1.165) is 43.7 Å². The highest BCUT2D eigenvalue weighted by molar-refractivity contribution is 5.70. The van der Waals surface area contributed by atoms with Gasteiger partial charge in [0.05, 0.1) is 18.3 Å². The van der Waals surface area contributed by atoms with Crippen molar-refractivity contribution >= 4 is 0 Å². The van der Waals surface area contributed by atoms with Gasteiger partial charge in [0.25, 0.3) is 0 Å². The van der Waals surface area contributed by atoms with E-state index < -0.39 is 0 Å². The van der Waals surface area contributed by atoms with Crippen molar-refractivity contribution in [1.29, 1.82) is 0 Å². The Morgan fingerprint density at radius 3 is 3.00 bits per heavy atom. The number of phenolic OH excluding ortho intramolecular Hbond substituents is 1. The number of rotatable bonds is 2. The first kappa shape index (κ1) is 12.9. The summed E-state index contributed by atoms with van der Waals surface area (Å²) in [6.07, 6.45) is 8.02. The van der Waals surface area contributed by atoms with Gasteiger partial charge in [-0.2, -0.15) is 5.10 Å². The molecule has 4 rings (SSSR count). The van der Waals surface area contributed by atoms with E-state index in [4.69, 9.17) is 9.84 Å². The van der Waals surface area contributed by atoms with Gasteiger partial charge in [-0.15, -0.1) is 0 Å². The summed E-state index contributed by atoms with van der Waals surface area (Å²) in [6, 6.07) is 5.59. The van der Waals surface area contributed by atoms with Crippen LogP contribution in [-0.4, -0.2) is 27.6 Å². The summed E-state index contributed by atoms with van der Waals surface area (Å²) >= 11 is 0. The Hall–Kier alpha value is -1.81. The van der Waals surface area contributed by atoms with Gasteiger partial charge in [-0.05, 0) is 61.4 Å². The molecule has 21 heavy (non-hydrogen) atoms. The van der Waals surface area contributed by atoms with Gasteiger partial charge in [0.2, 0.25) is 0 Å². The Kier molecular flexibility index (Phi) is 3.19. The lowest BCUT2D eigenvalue weighted by Crippen LogP contribution is -2.24. The smallest absolute Gasteiger partial charge is 0.115 e. The van der Waals surface area contributed by atoms with Gasteiger partial charge in [-0.3, -0.25) is 4.68 Å². The average molecular weight is 284 g/mol. The number of hydrogen-bond acceptors (Lipinski definition) is 3. The van der Waals surface area contributed by atoms with Crippen molar-refractivity contribution in [1.82, 2.24) is 9.78 Å². The maximum Gasteiger partial charge on any atom is 0.115 e. The number of benzene rings is 1. The minimum Gasteiger partial charge on any atom is -0.508 e. The van der Waals surface area contributed by atoms with Gasteiger partial charge in [0, 0.05) is 18.4 Å². The monoisotopic (exact) mass is 284 g/mol. The molecule has 1 saturated heterocycles. The fourth-order valence-corrected chi connectivity index (χ4v) is 3.41. The summed E-state index contributed by atoms with van der Waals surface area (Å²) < 4.78 is 7.85. The zero-order chi connectivity index (χ0) is 14.2. The van der Waals surface area contributed by atoms with Crippen LogP contribution >= 0.6 is 0 Å². The Balaban J connectivity index is 1.62. The summed E-state index contributed by atoms with van der Waals surface area (Å²) in [5.41, 5.74) is 4.75. The molecule has 0 amide bonds. The van der Waals surface area contributed by atoms with Crippen LogP contribution in [0.3, 0.4) is 0 Å². The Bertz CT molecular complexity index is 657. The van der Waals surface area contributed by atoms with Crippen LogP contribution < -0.4 is 0 Å². The molecule has 2 heterocycles. The molecule has 0 radical (unpaired) electrons. The molecule has 1 unspecified atom stereocenters. The average Bonchev–Trinajstić information content (AvgIpc) is 2.90. The SMILES string of the molecule is Oc1ccc2c(c1)CCc1cn(CC3CCCCO3)nc1-2. The summed E-state index contributed by atoms with van der Waals surface area (Å²) in [5.74, 6) is 0.340. The number of ether oxygens (including phenoxy) is 1. The third kappa shape index (κ3) is 2.44. The molecule has 4 nitrogen and oxygen atoms in total. The molecule has 0 spiro atoms. The van der Waals surface area contributed by atoms with E-state index in [1.807, 2.05) is 16.8 Å². The first-order chi connectivity index (χ1) is 10.3. The van der Waals surface area contributed by atoms with Crippen molar-refractivity contribution in [3.05, 3.63) is 35.5 Å². The van der Waals surface area contributed by atoms with E-state index in [2.05, 4.69) is 6.20 Å². The van der Waals surface area contributed by atoms with E-state index in [0.29, 0.717) is 11.9 Å². The number of fused-ring (bicyclic) bond motifs is 3. The van der Waals surface area contributed by atoms with E-state index in [9.17, 15) is 5.11 Å². The summed E-state index contributed by atoms with van der Waals surface area (Å²) in [4.78, 5) is 0. The van der Waals surface area contributed by atoms with Crippen molar-refractivity contribution in [2.24, 2.45) is 0 Å². The van der Waals surface area contributed by atoms with Gasteiger partial charge in [-0.1, -0.05) is 0 Å². The third-order valence-electron chi connectivity index (χ3n) is 4.51. The number of hydrogen-bond donors (Lipinski definition) is 1. The van der Waals surface area contributed by atoms with E-state index in [1.54, 1.807) is 6.07 Å². The van der Waals surface area contributed by atoms with E-state index in [-0.39, 0.29) is 0 Å². The Morgan fingerprint density at radius 2 is 2.14 bits per heavy atom. The predicted molar refractivity (Wildman–Crippen MR) is 80.3 cm³/mol. The second-order valence-electron chi connectivity index (χ2n) is 6.06. The molecule has 1 N–H and O–H groups in total. The molecule has 4 heteroatoms. The minimum atomic E-state index is 0.305. The van der Waals surface area contributed by atoms with Crippen LogP contribution in [0.4, 0.5) is 0 Å². The van der Waals surface area contributed by atoms with Crippen LogP contribution in [0.1, 0.15) is 30.4 Å². The molecule has 1 aromatic carbocycles. The number of aromatic hydroxyl groups is 1. The topological polar surface area (TPSA) is 47.3 Å². The largest absolute Gasteiger partial charge is 0.508 e. The summed E-state index contributed by atoms with van der Waals surface area (Å²) in [7, 11) is 0. The van der Waals surface area contributed by atoms with Crippen LogP contribution in [0, 0.1) is 0 Å². The van der Waals surface area contributed by atoms with Crippen LogP contribution in [0.5, 0.6) is 5.75 Å². The first-order valence-electron chi connectivity index (χ1n) is 7.80. The van der Waals surface area contributed by atoms with Gasteiger partial charge in [0.1, 0.15) is 5.75 Å². The number of aromatic nitrogens is 2. The maximum absolute atomic E-state index is 9.62. The first-order valence-corrected chi connectivity index (χ1v) is 7.80. The highest BCUT2D eigenvalue weighted by atomic mass is 16.5. The van der Waals surface area contributed by atoms with Crippen molar-refractivity contribution in [2.45, 2.75) is 44.8 Å². The minimum absolute atomic E-state index is 0.305. The van der Waals surface area contributed by atoms with Gasteiger partial charge in [-0.25, -0.2) is 0 Å². The van der Waals surface area contributed by atoms with Crippen LogP contribution in [0.15, 0.2) is 24.4 Å². The van der Waals surface area contributed by atoms with Crippen LogP contribution in [0.25, 0.3) is 11.3 Å². The number of phenols is 1. The molecule has 0 saturated carbocycles. The van der Waals surface area contributed by atoms with Crippen LogP contribution in [-0.2, 0) is 24.1 Å². The third-order valence-corrected chi connectivity index (χ3v) is 4.51. The molecular weight excluding hydrogens is 264 g/mol. The van der Waals surface area contributed by atoms with Gasteiger partial charge in [0.15, 0.2) is 0 Å². The Labute approximate surface area is 124 Å². The molecule has 110 valence electrons. The molecule has 2 aliphatic rings. The Morgan fingerprint density at radius 1 is 1.24 bits per heavy atom. The van der Waals surface area contributed by atoms with Crippen molar-refractivity contribution in [3.8, 4) is 17.0 Å². The molecule has 1 fully saturated rings. The standard InChI is InChI=1S/C17H20N2O2/c20-14-6-7-16-12(9-14)4-5-13-10-19(18-17(13)16)11-15-3-1-2-8-21-15/h6-7,9-10,15,20H,1-5,8,11H2. The zero-order valence-electron chi connectivity index (χ0n) is 12.1. The van der Waals surface area contributed by atoms with Gasteiger partial charge >= 0.3 is 0 Å². The molecule has 2 aromatic rings. The number of aryl methyl sites for hydroxylation is 2. The van der Waals surface area contributed by atoms with E-state index in [1.165, 1.54) is 24.0 Å². The molecule has 1 atom stereocenters. The highest BCUT2D eigenvalue weighted by Gasteiger charge is 2.21. The summed E-state index contributed by atoms with van der Waals surface area (Å²) in [6.45, 7) is 1.73.